The highest BCUT2D eigenvalue weighted by atomic mass is 16.3. The Bertz CT molecular complexity index is 177. The molecule has 1 saturated heterocycles. The van der Waals surface area contributed by atoms with Gasteiger partial charge in [-0.05, 0) is 32.7 Å². The van der Waals surface area contributed by atoms with Crippen LogP contribution in [0.15, 0.2) is 0 Å². The zero-order chi connectivity index (χ0) is 10.4. The molecule has 0 radical (unpaired) electrons. The van der Waals surface area contributed by atoms with Gasteiger partial charge in [0.2, 0.25) is 5.91 Å². The molecule has 4 nitrogen and oxygen atoms in total. The molecule has 0 aliphatic carbocycles. The topological polar surface area (TPSA) is 61.4 Å². The molecule has 0 unspecified atom stereocenters. The van der Waals surface area contributed by atoms with Gasteiger partial charge in [-0.15, -0.1) is 0 Å². The first-order valence-electron chi connectivity index (χ1n) is 5.36. The number of piperidine rings is 1. The quantitative estimate of drug-likeness (QED) is 0.592. The van der Waals surface area contributed by atoms with Gasteiger partial charge >= 0.3 is 0 Å². The van der Waals surface area contributed by atoms with Crippen molar-refractivity contribution < 1.29 is 9.90 Å². The highest BCUT2D eigenvalue weighted by Crippen LogP contribution is 2.09. The number of aliphatic hydroxyl groups excluding tert-OH is 1. The first kappa shape index (κ1) is 11.5. The summed E-state index contributed by atoms with van der Waals surface area (Å²) in [6, 6.07) is 0. The van der Waals surface area contributed by atoms with Crippen molar-refractivity contribution in [3.8, 4) is 0 Å². The van der Waals surface area contributed by atoms with E-state index in [0.29, 0.717) is 13.0 Å². The molecule has 1 aliphatic heterocycles. The summed E-state index contributed by atoms with van der Waals surface area (Å²) in [4.78, 5) is 11.5. The number of carbonyl (C=O) groups excluding carboxylic acids is 1. The first-order valence-corrected chi connectivity index (χ1v) is 5.36. The molecule has 0 saturated carbocycles. The van der Waals surface area contributed by atoms with E-state index in [1.807, 2.05) is 0 Å². The van der Waals surface area contributed by atoms with Crippen LogP contribution in [0.1, 0.15) is 26.2 Å². The Kier molecular flexibility index (Phi) is 4.90. The molecule has 0 spiro atoms. The zero-order valence-electron chi connectivity index (χ0n) is 8.75. The normalized spacial score (nSPS) is 24.3. The highest BCUT2D eigenvalue weighted by molar-refractivity contribution is 5.78. The molecule has 1 heterocycles. The average molecular weight is 200 g/mol. The summed E-state index contributed by atoms with van der Waals surface area (Å²) in [6.07, 6.45) is 2.35. The van der Waals surface area contributed by atoms with Crippen molar-refractivity contribution in [1.82, 2.24) is 10.6 Å². The lowest BCUT2D eigenvalue weighted by atomic mass is 9.99. The molecule has 0 aromatic carbocycles. The Morgan fingerprint density at radius 3 is 3.07 bits per heavy atom. The van der Waals surface area contributed by atoms with E-state index in [1.54, 1.807) is 6.92 Å². The summed E-state index contributed by atoms with van der Waals surface area (Å²) in [5.41, 5.74) is 0. The number of carbonyl (C=O) groups is 1. The van der Waals surface area contributed by atoms with E-state index in [4.69, 9.17) is 5.11 Å². The third-order valence-corrected chi connectivity index (χ3v) is 2.53. The maximum atomic E-state index is 11.5. The van der Waals surface area contributed by atoms with E-state index < -0.39 is 0 Å². The summed E-state index contributed by atoms with van der Waals surface area (Å²) in [6.45, 7) is 4.12. The summed E-state index contributed by atoms with van der Waals surface area (Å²) in [5, 5.41) is 15.1. The lowest BCUT2D eigenvalue weighted by Crippen LogP contribution is -2.41. The summed E-state index contributed by atoms with van der Waals surface area (Å²) >= 11 is 0. The van der Waals surface area contributed by atoms with E-state index in [9.17, 15) is 4.79 Å². The lowest BCUT2D eigenvalue weighted by molar-refractivity contribution is -0.125. The van der Waals surface area contributed by atoms with Crippen LogP contribution in [0.3, 0.4) is 0 Å². The van der Waals surface area contributed by atoms with E-state index in [-0.39, 0.29) is 17.9 Å². The van der Waals surface area contributed by atoms with Gasteiger partial charge in [0.15, 0.2) is 0 Å². The zero-order valence-corrected chi connectivity index (χ0v) is 8.75. The third kappa shape index (κ3) is 4.07. The predicted octanol–water partition coefficient (Wildman–Crippen LogP) is -0.127. The molecular weight excluding hydrogens is 180 g/mol. The minimum Gasteiger partial charge on any atom is -0.393 e. The van der Waals surface area contributed by atoms with E-state index in [2.05, 4.69) is 10.6 Å². The number of nitrogens with one attached hydrogen (secondary N) is 2. The molecule has 1 fully saturated rings. The maximum absolute atomic E-state index is 11.5. The minimum atomic E-state index is -0.334. The van der Waals surface area contributed by atoms with Crippen LogP contribution < -0.4 is 10.6 Å². The smallest absolute Gasteiger partial charge is 0.224 e. The van der Waals surface area contributed by atoms with Crippen LogP contribution in [0.25, 0.3) is 0 Å². The van der Waals surface area contributed by atoms with Crippen molar-refractivity contribution in [2.45, 2.75) is 32.3 Å². The van der Waals surface area contributed by atoms with Crippen LogP contribution in [-0.4, -0.2) is 36.8 Å². The summed E-state index contributed by atoms with van der Waals surface area (Å²) in [5.74, 6) is 0.246. The summed E-state index contributed by atoms with van der Waals surface area (Å²) < 4.78 is 0. The van der Waals surface area contributed by atoms with E-state index in [1.165, 1.54) is 0 Å². The van der Waals surface area contributed by atoms with Gasteiger partial charge in [-0.25, -0.2) is 0 Å². The van der Waals surface area contributed by atoms with Crippen LogP contribution in [0.5, 0.6) is 0 Å². The molecule has 2 atom stereocenters. The van der Waals surface area contributed by atoms with Gasteiger partial charge < -0.3 is 15.7 Å². The Balaban J connectivity index is 2.13. The van der Waals surface area contributed by atoms with Crippen LogP contribution in [0.2, 0.25) is 0 Å². The minimum absolute atomic E-state index is 0.123. The lowest BCUT2D eigenvalue weighted by Gasteiger charge is -2.21. The van der Waals surface area contributed by atoms with Crippen molar-refractivity contribution in [3.05, 3.63) is 0 Å². The molecule has 1 aliphatic rings. The van der Waals surface area contributed by atoms with Crippen molar-refractivity contribution in [3.63, 3.8) is 0 Å². The highest BCUT2D eigenvalue weighted by Gasteiger charge is 2.20. The Morgan fingerprint density at radius 2 is 2.50 bits per heavy atom. The monoisotopic (exact) mass is 200 g/mol. The number of hydrogen-bond donors (Lipinski definition) is 3. The second-order valence-corrected chi connectivity index (χ2v) is 3.97. The van der Waals surface area contributed by atoms with Gasteiger partial charge in [0.05, 0.1) is 12.0 Å². The molecule has 0 bridgehead atoms. The van der Waals surface area contributed by atoms with Crippen molar-refractivity contribution in [1.29, 1.82) is 0 Å². The van der Waals surface area contributed by atoms with Gasteiger partial charge in [-0.2, -0.15) is 0 Å². The fourth-order valence-electron chi connectivity index (χ4n) is 1.62. The Hall–Kier alpha value is -0.610. The van der Waals surface area contributed by atoms with Crippen molar-refractivity contribution >= 4 is 5.91 Å². The van der Waals surface area contributed by atoms with E-state index in [0.717, 1.165) is 25.9 Å². The molecule has 1 rings (SSSR count). The van der Waals surface area contributed by atoms with Crippen molar-refractivity contribution in [2.75, 3.05) is 19.6 Å². The Labute approximate surface area is 85.1 Å². The van der Waals surface area contributed by atoms with Gasteiger partial charge in [0.25, 0.3) is 0 Å². The van der Waals surface area contributed by atoms with Gasteiger partial charge in [0, 0.05) is 13.1 Å². The number of aliphatic hydroxyl groups is 1. The molecule has 4 heteroatoms. The number of amides is 1. The maximum Gasteiger partial charge on any atom is 0.224 e. The fourth-order valence-corrected chi connectivity index (χ4v) is 1.62. The predicted molar refractivity (Wildman–Crippen MR) is 54.9 cm³/mol. The van der Waals surface area contributed by atoms with Crippen LogP contribution in [0, 0.1) is 5.92 Å². The standard InChI is InChI=1S/C10H20N2O2/c1-8(13)4-6-12-10(14)9-3-2-5-11-7-9/h8-9,11,13H,2-7H2,1H3,(H,12,14)/t8-,9-/m1/s1. The molecule has 3 N–H and O–H groups in total. The van der Waals surface area contributed by atoms with Gasteiger partial charge in [0.1, 0.15) is 0 Å². The molecule has 14 heavy (non-hydrogen) atoms. The van der Waals surface area contributed by atoms with Crippen LogP contribution >= 0.6 is 0 Å². The molecule has 0 aromatic heterocycles. The molecular formula is C10H20N2O2. The second-order valence-electron chi connectivity index (χ2n) is 3.97. The third-order valence-electron chi connectivity index (χ3n) is 2.53. The molecule has 82 valence electrons. The molecule has 1 amide bonds. The summed E-state index contributed by atoms with van der Waals surface area (Å²) in [7, 11) is 0. The fraction of sp³-hybridized carbons (Fsp3) is 0.900. The van der Waals surface area contributed by atoms with Crippen LogP contribution in [0.4, 0.5) is 0 Å². The Morgan fingerprint density at radius 1 is 1.71 bits per heavy atom. The van der Waals surface area contributed by atoms with E-state index >= 15 is 0 Å². The number of hydrogen-bond acceptors (Lipinski definition) is 3. The molecule has 0 aromatic rings. The average Bonchev–Trinajstić information content (AvgIpc) is 2.18. The van der Waals surface area contributed by atoms with Crippen LogP contribution in [-0.2, 0) is 4.79 Å². The van der Waals surface area contributed by atoms with Crippen molar-refractivity contribution in [2.24, 2.45) is 5.92 Å². The van der Waals surface area contributed by atoms with Gasteiger partial charge in [-0.3, -0.25) is 4.79 Å². The number of rotatable bonds is 4. The second kappa shape index (κ2) is 5.98. The van der Waals surface area contributed by atoms with Gasteiger partial charge in [-0.1, -0.05) is 0 Å². The first-order chi connectivity index (χ1) is 6.70. The SMILES string of the molecule is C[C@@H](O)CCNC(=O)[C@@H]1CCCNC1. The largest absolute Gasteiger partial charge is 0.393 e.